The van der Waals surface area contributed by atoms with Gasteiger partial charge in [0.25, 0.3) is 0 Å². The Labute approximate surface area is 81.1 Å². The smallest absolute Gasteiger partial charge is 0.220 e. The highest BCUT2D eigenvalue weighted by Crippen LogP contribution is 2.37. The summed E-state index contributed by atoms with van der Waals surface area (Å²) in [4.78, 5) is 11.3. The van der Waals surface area contributed by atoms with Gasteiger partial charge in [0.1, 0.15) is 0 Å². The predicted molar refractivity (Wildman–Crippen MR) is 54.4 cm³/mol. The molecule has 0 atom stereocenters. The molecule has 1 N–H and O–H groups in total. The summed E-state index contributed by atoms with van der Waals surface area (Å²) >= 11 is 0. The molecule has 0 aromatic carbocycles. The van der Waals surface area contributed by atoms with Gasteiger partial charge in [0, 0.05) is 13.0 Å². The summed E-state index contributed by atoms with van der Waals surface area (Å²) in [6.45, 7) is 9.77. The first-order valence-electron chi connectivity index (χ1n) is 5.08. The number of nitrogens with one attached hydrogen (secondary N) is 1. The third-order valence-electron chi connectivity index (χ3n) is 2.75. The molecule has 1 fully saturated rings. The summed E-state index contributed by atoms with van der Waals surface area (Å²) in [5.74, 6) is 0.209. The Morgan fingerprint density at radius 3 is 2.38 bits per heavy atom. The van der Waals surface area contributed by atoms with Crippen LogP contribution in [0.4, 0.5) is 0 Å². The quantitative estimate of drug-likeness (QED) is 0.613. The van der Waals surface area contributed by atoms with E-state index in [1.165, 1.54) is 6.42 Å². The lowest BCUT2D eigenvalue weighted by Gasteiger charge is -2.37. The minimum Gasteiger partial charge on any atom is -0.356 e. The van der Waals surface area contributed by atoms with Crippen LogP contribution < -0.4 is 5.32 Å². The van der Waals surface area contributed by atoms with Crippen molar-refractivity contribution in [1.29, 1.82) is 0 Å². The predicted octanol–water partition coefficient (Wildman–Crippen LogP) is 2.34. The Hall–Kier alpha value is -0.530. The molecule has 76 valence electrons. The van der Waals surface area contributed by atoms with Crippen molar-refractivity contribution < 1.29 is 4.79 Å². The second-order valence-electron chi connectivity index (χ2n) is 5.78. The number of carbonyl (C=O) groups is 1. The summed E-state index contributed by atoms with van der Waals surface area (Å²) in [6, 6.07) is 0. The molecular formula is C11H21NO. The van der Waals surface area contributed by atoms with Gasteiger partial charge in [-0.2, -0.15) is 0 Å². The lowest BCUT2D eigenvalue weighted by Crippen LogP contribution is -2.39. The fourth-order valence-electron chi connectivity index (χ4n) is 2.32. The van der Waals surface area contributed by atoms with E-state index in [9.17, 15) is 4.79 Å². The van der Waals surface area contributed by atoms with Gasteiger partial charge in [-0.15, -0.1) is 0 Å². The summed E-state index contributed by atoms with van der Waals surface area (Å²) in [7, 11) is 0. The lowest BCUT2D eigenvalue weighted by molar-refractivity contribution is -0.123. The van der Waals surface area contributed by atoms with Gasteiger partial charge in [0.2, 0.25) is 5.91 Å². The van der Waals surface area contributed by atoms with Crippen molar-refractivity contribution in [2.45, 2.75) is 47.0 Å². The summed E-state index contributed by atoms with van der Waals surface area (Å²) in [6.07, 6.45) is 2.87. The minimum absolute atomic E-state index is 0.209. The zero-order valence-electron chi connectivity index (χ0n) is 9.24. The van der Waals surface area contributed by atoms with Crippen LogP contribution in [-0.2, 0) is 4.79 Å². The molecule has 1 amide bonds. The average molecular weight is 183 g/mol. The Kier molecular flexibility index (Phi) is 2.69. The Morgan fingerprint density at radius 1 is 1.15 bits per heavy atom. The van der Waals surface area contributed by atoms with Gasteiger partial charge in [-0.1, -0.05) is 27.7 Å². The molecule has 2 heteroatoms. The van der Waals surface area contributed by atoms with Crippen LogP contribution in [0.3, 0.4) is 0 Å². The number of carbonyl (C=O) groups excluding carboxylic acids is 1. The van der Waals surface area contributed by atoms with Gasteiger partial charge in [0.15, 0.2) is 0 Å². The minimum atomic E-state index is 0.209. The van der Waals surface area contributed by atoms with E-state index in [0.717, 1.165) is 13.0 Å². The molecule has 1 saturated heterocycles. The van der Waals surface area contributed by atoms with E-state index in [0.29, 0.717) is 11.8 Å². The van der Waals surface area contributed by atoms with E-state index in [1.807, 2.05) is 0 Å². The molecule has 0 aromatic heterocycles. The molecule has 1 heterocycles. The van der Waals surface area contributed by atoms with Crippen molar-refractivity contribution in [3.8, 4) is 0 Å². The molecule has 0 aromatic rings. The van der Waals surface area contributed by atoms with Crippen molar-refractivity contribution in [2.75, 3.05) is 6.54 Å². The van der Waals surface area contributed by atoms with E-state index in [2.05, 4.69) is 33.0 Å². The van der Waals surface area contributed by atoms with Crippen molar-refractivity contribution in [2.24, 2.45) is 10.8 Å². The van der Waals surface area contributed by atoms with Crippen LogP contribution >= 0.6 is 0 Å². The highest BCUT2D eigenvalue weighted by atomic mass is 16.1. The summed E-state index contributed by atoms with van der Waals surface area (Å²) in [5.41, 5.74) is 0.542. The standard InChI is InChI=1S/C11H21NO/c1-10(2)6-5-9(13)12-8-11(3,4)7-10/h5-8H2,1-4H3,(H,12,13). The Bertz CT molecular complexity index is 186. The molecule has 0 radical (unpaired) electrons. The fourth-order valence-corrected chi connectivity index (χ4v) is 2.32. The number of hydrogen-bond acceptors (Lipinski definition) is 1. The monoisotopic (exact) mass is 183 g/mol. The van der Waals surface area contributed by atoms with Gasteiger partial charge in [-0.05, 0) is 23.7 Å². The molecule has 0 aliphatic carbocycles. The SMILES string of the molecule is CC1(C)CCC(=O)NCC(C)(C)C1. The van der Waals surface area contributed by atoms with Crippen LogP contribution in [0.15, 0.2) is 0 Å². The first-order chi connectivity index (χ1) is 5.81. The maximum absolute atomic E-state index is 11.3. The summed E-state index contributed by atoms with van der Waals surface area (Å²) < 4.78 is 0. The van der Waals surface area contributed by atoms with Gasteiger partial charge in [0.05, 0.1) is 0 Å². The highest BCUT2D eigenvalue weighted by molar-refractivity contribution is 5.76. The van der Waals surface area contributed by atoms with Crippen molar-refractivity contribution in [3.05, 3.63) is 0 Å². The van der Waals surface area contributed by atoms with Gasteiger partial charge in [-0.3, -0.25) is 4.79 Å². The van der Waals surface area contributed by atoms with Crippen LogP contribution in [0.1, 0.15) is 47.0 Å². The van der Waals surface area contributed by atoms with Crippen molar-refractivity contribution in [1.82, 2.24) is 5.32 Å². The first-order valence-corrected chi connectivity index (χ1v) is 5.08. The molecule has 0 spiro atoms. The van der Waals surface area contributed by atoms with Crippen LogP contribution in [0, 0.1) is 10.8 Å². The largest absolute Gasteiger partial charge is 0.356 e. The molecule has 2 nitrogen and oxygen atoms in total. The molecule has 13 heavy (non-hydrogen) atoms. The lowest BCUT2D eigenvalue weighted by atomic mass is 9.72. The molecule has 0 bridgehead atoms. The second-order valence-corrected chi connectivity index (χ2v) is 5.78. The van der Waals surface area contributed by atoms with Crippen molar-refractivity contribution >= 4 is 5.91 Å². The zero-order chi connectivity index (χ0) is 10.1. The van der Waals surface area contributed by atoms with E-state index in [4.69, 9.17) is 0 Å². The van der Waals surface area contributed by atoms with Crippen LogP contribution in [-0.4, -0.2) is 12.5 Å². The van der Waals surface area contributed by atoms with E-state index in [-0.39, 0.29) is 11.3 Å². The van der Waals surface area contributed by atoms with E-state index >= 15 is 0 Å². The molecule has 1 aliphatic heterocycles. The van der Waals surface area contributed by atoms with Crippen molar-refractivity contribution in [3.63, 3.8) is 0 Å². The maximum Gasteiger partial charge on any atom is 0.220 e. The van der Waals surface area contributed by atoms with Crippen LogP contribution in [0.5, 0.6) is 0 Å². The molecule has 0 unspecified atom stereocenters. The third-order valence-corrected chi connectivity index (χ3v) is 2.75. The van der Waals surface area contributed by atoms with Gasteiger partial charge < -0.3 is 5.32 Å². The molecular weight excluding hydrogens is 162 g/mol. The third kappa shape index (κ3) is 3.37. The van der Waals surface area contributed by atoms with E-state index in [1.54, 1.807) is 0 Å². The van der Waals surface area contributed by atoms with E-state index < -0.39 is 0 Å². The number of hydrogen-bond donors (Lipinski definition) is 1. The average Bonchev–Trinajstić information content (AvgIpc) is 1.94. The van der Waals surface area contributed by atoms with Gasteiger partial charge in [-0.25, -0.2) is 0 Å². The molecule has 1 rings (SSSR count). The van der Waals surface area contributed by atoms with Crippen LogP contribution in [0.25, 0.3) is 0 Å². The zero-order valence-corrected chi connectivity index (χ0v) is 9.24. The maximum atomic E-state index is 11.3. The Balaban J connectivity index is 2.70. The van der Waals surface area contributed by atoms with Gasteiger partial charge >= 0.3 is 0 Å². The summed E-state index contributed by atoms with van der Waals surface area (Å²) in [5, 5.41) is 2.97. The fraction of sp³-hybridized carbons (Fsp3) is 0.909. The first kappa shape index (κ1) is 10.6. The second kappa shape index (κ2) is 3.32. The number of rotatable bonds is 0. The molecule has 1 aliphatic rings. The number of amides is 1. The normalized spacial score (nSPS) is 27.2. The van der Waals surface area contributed by atoms with Crippen LogP contribution in [0.2, 0.25) is 0 Å². The molecule has 0 saturated carbocycles. The Morgan fingerprint density at radius 2 is 1.77 bits per heavy atom. The highest BCUT2D eigenvalue weighted by Gasteiger charge is 2.31. The topological polar surface area (TPSA) is 29.1 Å².